The summed E-state index contributed by atoms with van der Waals surface area (Å²) in [5.74, 6) is 0.513. The average molecular weight is 558 g/mol. The largest absolute Gasteiger partial charge is 0.382 e. The Labute approximate surface area is 191 Å². The Bertz CT molecular complexity index is 1310. The molecule has 0 amide bonds. The van der Waals surface area contributed by atoms with E-state index in [1.165, 1.54) is 0 Å². The number of nitrogens with one attached hydrogen (secondary N) is 1. The number of nitrogens with zero attached hydrogens (tertiary/aromatic N) is 4. The highest BCUT2D eigenvalue weighted by molar-refractivity contribution is 14.1. The van der Waals surface area contributed by atoms with E-state index in [2.05, 4.69) is 42.3 Å². The zero-order chi connectivity index (χ0) is 22.3. The predicted octanol–water partition coefficient (Wildman–Crippen LogP) is 1.81. The average Bonchev–Trinajstić information content (AvgIpc) is 3.23. The van der Waals surface area contributed by atoms with Crippen LogP contribution in [-0.4, -0.2) is 46.0 Å². The molecule has 4 rings (SSSR count). The molecule has 2 heterocycles. The minimum Gasteiger partial charge on any atom is -0.382 e. The Balaban J connectivity index is 1.74. The first-order valence-electron chi connectivity index (χ1n) is 9.68. The van der Waals surface area contributed by atoms with Gasteiger partial charge in [0.1, 0.15) is 5.82 Å². The fraction of sp³-hybridized carbons (Fsp3) is 0.368. The first kappa shape index (κ1) is 22.0. The second-order valence-electron chi connectivity index (χ2n) is 7.23. The SMILES string of the molecule is CCS(=O)(=O)NCCn1c(Cc2cc3c(cc2I)CCC3=O)nc2c(N)nc(F)nc21. The van der Waals surface area contributed by atoms with Crippen LogP contribution in [0.25, 0.3) is 11.2 Å². The molecule has 31 heavy (non-hydrogen) atoms. The third kappa shape index (κ3) is 4.41. The molecular weight excluding hydrogens is 538 g/mol. The second-order valence-corrected chi connectivity index (χ2v) is 10.5. The number of rotatable bonds is 7. The van der Waals surface area contributed by atoms with Crippen molar-refractivity contribution in [2.24, 2.45) is 0 Å². The summed E-state index contributed by atoms with van der Waals surface area (Å²) in [6, 6.07) is 3.89. The van der Waals surface area contributed by atoms with Crippen molar-refractivity contribution in [1.82, 2.24) is 24.2 Å². The van der Waals surface area contributed by atoms with Crippen molar-refractivity contribution < 1.29 is 17.6 Å². The molecule has 164 valence electrons. The molecule has 9 nitrogen and oxygen atoms in total. The van der Waals surface area contributed by atoms with Crippen LogP contribution in [0.4, 0.5) is 10.2 Å². The maximum atomic E-state index is 13.8. The molecule has 0 spiro atoms. The van der Waals surface area contributed by atoms with Gasteiger partial charge < -0.3 is 10.3 Å². The lowest BCUT2D eigenvalue weighted by atomic mass is 10.0. The Morgan fingerprint density at radius 2 is 2.03 bits per heavy atom. The number of carbonyl (C=O) groups is 1. The lowest BCUT2D eigenvalue weighted by Crippen LogP contribution is -2.29. The van der Waals surface area contributed by atoms with E-state index in [1.54, 1.807) is 11.5 Å². The molecule has 0 saturated heterocycles. The van der Waals surface area contributed by atoms with Crippen LogP contribution in [0.2, 0.25) is 0 Å². The highest BCUT2D eigenvalue weighted by Crippen LogP contribution is 2.29. The quantitative estimate of drug-likeness (QED) is 0.334. The molecule has 12 heteroatoms. The molecule has 0 saturated carbocycles. The molecule has 2 aromatic heterocycles. The Kier molecular flexibility index (Phi) is 5.96. The normalized spacial score (nSPS) is 13.8. The Morgan fingerprint density at radius 1 is 1.26 bits per heavy atom. The van der Waals surface area contributed by atoms with Crippen molar-refractivity contribution in [1.29, 1.82) is 0 Å². The summed E-state index contributed by atoms with van der Waals surface area (Å²) >= 11 is 2.22. The lowest BCUT2D eigenvalue weighted by Gasteiger charge is -2.12. The molecule has 1 aliphatic carbocycles. The van der Waals surface area contributed by atoms with E-state index in [-0.39, 0.29) is 41.6 Å². The number of hydrogen-bond donors (Lipinski definition) is 2. The van der Waals surface area contributed by atoms with Gasteiger partial charge in [-0.05, 0) is 59.2 Å². The first-order valence-corrected chi connectivity index (χ1v) is 12.4. The molecule has 0 atom stereocenters. The van der Waals surface area contributed by atoms with Crippen LogP contribution in [0.1, 0.15) is 40.7 Å². The molecule has 0 aliphatic heterocycles. The van der Waals surface area contributed by atoms with Crippen LogP contribution in [0, 0.1) is 9.65 Å². The van der Waals surface area contributed by atoms with E-state index in [1.807, 2.05) is 12.1 Å². The topological polar surface area (TPSA) is 133 Å². The maximum Gasteiger partial charge on any atom is 0.312 e. The monoisotopic (exact) mass is 558 g/mol. The van der Waals surface area contributed by atoms with E-state index < -0.39 is 16.1 Å². The fourth-order valence-corrected chi connectivity index (χ4v) is 4.97. The summed E-state index contributed by atoms with van der Waals surface area (Å²) in [5, 5.41) is 0. The van der Waals surface area contributed by atoms with E-state index in [4.69, 9.17) is 5.73 Å². The van der Waals surface area contributed by atoms with Crippen molar-refractivity contribution in [3.8, 4) is 0 Å². The minimum absolute atomic E-state index is 0.0460. The highest BCUT2D eigenvalue weighted by atomic mass is 127. The Morgan fingerprint density at radius 3 is 2.77 bits per heavy atom. The van der Waals surface area contributed by atoms with E-state index in [0.717, 1.165) is 26.7 Å². The smallest absolute Gasteiger partial charge is 0.312 e. The van der Waals surface area contributed by atoms with Crippen LogP contribution in [-0.2, 0) is 29.4 Å². The van der Waals surface area contributed by atoms with Crippen molar-refractivity contribution in [3.63, 3.8) is 0 Å². The van der Waals surface area contributed by atoms with Crippen molar-refractivity contribution in [2.75, 3.05) is 18.0 Å². The van der Waals surface area contributed by atoms with Gasteiger partial charge in [0.15, 0.2) is 22.8 Å². The van der Waals surface area contributed by atoms with Crippen molar-refractivity contribution in [2.45, 2.75) is 32.7 Å². The maximum absolute atomic E-state index is 13.8. The first-order chi connectivity index (χ1) is 14.7. The van der Waals surface area contributed by atoms with Crippen LogP contribution in [0.15, 0.2) is 12.1 Å². The van der Waals surface area contributed by atoms with Crippen molar-refractivity contribution >= 4 is 55.4 Å². The van der Waals surface area contributed by atoms with Crippen molar-refractivity contribution in [3.05, 3.63) is 44.3 Å². The minimum atomic E-state index is -3.39. The van der Waals surface area contributed by atoms with E-state index in [9.17, 15) is 17.6 Å². The number of ketones is 1. The summed E-state index contributed by atoms with van der Waals surface area (Å²) in [7, 11) is -3.39. The van der Waals surface area contributed by atoms with Crippen LogP contribution in [0.3, 0.4) is 0 Å². The van der Waals surface area contributed by atoms with Gasteiger partial charge in [-0.15, -0.1) is 0 Å². The number of benzene rings is 1. The molecule has 0 bridgehead atoms. The molecule has 1 aliphatic rings. The van der Waals surface area contributed by atoms with Crippen LogP contribution >= 0.6 is 22.6 Å². The number of carbonyl (C=O) groups excluding carboxylic acids is 1. The van der Waals surface area contributed by atoms with Gasteiger partial charge in [0, 0.05) is 35.1 Å². The molecular formula is C19H20FIN6O3S. The third-order valence-corrected chi connectivity index (χ3v) is 7.66. The zero-order valence-electron chi connectivity index (χ0n) is 16.7. The molecule has 0 unspecified atom stereocenters. The summed E-state index contributed by atoms with van der Waals surface area (Å²) in [5.41, 5.74) is 8.96. The standard InChI is InChI=1S/C19H20FIN6O3S/c1-2-31(29,30)23-5-6-27-15(24-16-17(22)25-19(20)26-18(16)27)9-11-7-12-10(8-13(11)21)3-4-14(12)28/h7-8,23H,2-6,9H2,1H3,(H2,22,25,26). The van der Waals surface area contributed by atoms with Gasteiger partial charge in [0.05, 0.1) is 5.75 Å². The zero-order valence-corrected chi connectivity index (χ0v) is 19.6. The van der Waals surface area contributed by atoms with E-state index >= 15 is 0 Å². The number of aryl methyl sites for hydroxylation is 1. The lowest BCUT2D eigenvalue weighted by molar-refractivity contribution is 0.0994. The van der Waals surface area contributed by atoms with Gasteiger partial charge in [-0.25, -0.2) is 18.1 Å². The number of halogens is 2. The Hall–Kier alpha value is -2.19. The summed E-state index contributed by atoms with van der Waals surface area (Å²) in [4.78, 5) is 24.1. The predicted molar refractivity (Wildman–Crippen MR) is 122 cm³/mol. The number of hydrogen-bond acceptors (Lipinski definition) is 7. The van der Waals surface area contributed by atoms with Gasteiger partial charge in [-0.1, -0.05) is 0 Å². The number of fused-ring (bicyclic) bond motifs is 2. The number of Topliss-reactive ketones (excluding diaryl/α,β-unsaturated/α-hetero) is 1. The third-order valence-electron chi connectivity index (χ3n) is 5.25. The molecule has 0 radical (unpaired) electrons. The molecule has 3 N–H and O–H groups in total. The number of nitrogen functional groups attached to an aromatic ring is 1. The van der Waals surface area contributed by atoms with Gasteiger partial charge in [-0.2, -0.15) is 14.4 Å². The summed E-state index contributed by atoms with van der Waals surface area (Å²) in [6.07, 6.45) is 0.614. The molecule has 3 aromatic rings. The van der Waals surface area contributed by atoms with Crippen LogP contribution < -0.4 is 10.5 Å². The number of imidazole rings is 1. The van der Waals surface area contributed by atoms with Crippen LogP contribution in [0.5, 0.6) is 0 Å². The fourth-order valence-electron chi connectivity index (χ4n) is 3.64. The second kappa shape index (κ2) is 8.39. The van der Waals surface area contributed by atoms with Gasteiger partial charge >= 0.3 is 6.08 Å². The summed E-state index contributed by atoms with van der Waals surface area (Å²) < 4.78 is 42.5. The number of sulfonamides is 1. The van der Waals surface area contributed by atoms with E-state index in [0.29, 0.717) is 18.7 Å². The molecule has 0 fully saturated rings. The van der Waals surface area contributed by atoms with Gasteiger partial charge in [0.2, 0.25) is 10.0 Å². The molecule has 1 aromatic carbocycles. The number of anilines is 1. The highest BCUT2D eigenvalue weighted by Gasteiger charge is 2.23. The number of nitrogens with two attached hydrogens (primary N) is 1. The van der Waals surface area contributed by atoms with Gasteiger partial charge in [0.25, 0.3) is 0 Å². The summed E-state index contributed by atoms with van der Waals surface area (Å²) in [6.45, 7) is 1.81. The van der Waals surface area contributed by atoms with Gasteiger partial charge in [-0.3, -0.25) is 4.79 Å². The number of aromatic nitrogens is 4.